The van der Waals surface area contributed by atoms with Gasteiger partial charge < -0.3 is 25.0 Å². The number of carbonyl (C=O) groups excluding carboxylic acids is 2. The van der Waals surface area contributed by atoms with Crippen LogP contribution in [0.5, 0.6) is 0 Å². The number of hydrogen-bond donors (Lipinski definition) is 2. The number of anilines is 1. The fourth-order valence-electron chi connectivity index (χ4n) is 6.07. The largest absolute Gasteiger partial charge is 0.465 e. The first-order valence-corrected chi connectivity index (χ1v) is 14.9. The fraction of sp³-hybridized carbons (Fsp3) is 0.419. The van der Waals surface area contributed by atoms with Crippen LogP contribution in [0.3, 0.4) is 0 Å². The molecule has 2 amide bonds. The van der Waals surface area contributed by atoms with E-state index in [1.54, 1.807) is 23.6 Å². The number of ketones is 1. The van der Waals surface area contributed by atoms with Gasteiger partial charge in [-0.1, -0.05) is 26.0 Å². The Morgan fingerprint density at radius 1 is 1.10 bits per heavy atom. The zero-order chi connectivity index (χ0) is 28.7. The topological polar surface area (TPSA) is 112 Å². The number of aromatic nitrogens is 1. The minimum Gasteiger partial charge on any atom is -0.465 e. The van der Waals surface area contributed by atoms with Crippen LogP contribution in [-0.4, -0.2) is 78.2 Å². The molecule has 2 aromatic heterocycles. The van der Waals surface area contributed by atoms with Crippen LogP contribution in [0.4, 0.5) is 9.80 Å². The quantitative estimate of drug-likeness (QED) is 0.443. The predicted octanol–water partition coefficient (Wildman–Crippen LogP) is 4.95. The van der Waals surface area contributed by atoms with E-state index in [-0.39, 0.29) is 23.1 Å². The van der Waals surface area contributed by atoms with E-state index in [0.29, 0.717) is 44.7 Å². The summed E-state index contributed by atoms with van der Waals surface area (Å²) >= 11 is 1.60. The lowest BCUT2D eigenvalue weighted by Crippen LogP contribution is -2.38. The lowest BCUT2D eigenvalue weighted by Gasteiger charge is -2.30. The second kappa shape index (κ2) is 10.9. The Morgan fingerprint density at radius 2 is 1.90 bits per heavy atom. The molecule has 9 nitrogen and oxygen atoms in total. The van der Waals surface area contributed by atoms with Gasteiger partial charge in [-0.25, -0.2) is 4.79 Å². The van der Waals surface area contributed by atoms with Crippen LogP contribution < -0.4 is 10.2 Å². The van der Waals surface area contributed by atoms with Crippen molar-refractivity contribution in [2.75, 3.05) is 44.3 Å². The van der Waals surface area contributed by atoms with Crippen molar-refractivity contribution in [2.45, 2.75) is 39.2 Å². The van der Waals surface area contributed by atoms with E-state index in [1.165, 1.54) is 4.90 Å². The summed E-state index contributed by atoms with van der Waals surface area (Å²) in [6.07, 6.45) is 2.80. The van der Waals surface area contributed by atoms with E-state index in [9.17, 15) is 19.5 Å². The number of thiophene rings is 1. The van der Waals surface area contributed by atoms with Crippen LogP contribution in [0.1, 0.15) is 52.3 Å². The first-order valence-electron chi connectivity index (χ1n) is 14.1. The summed E-state index contributed by atoms with van der Waals surface area (Å²) in [5.41, 5.74) is 5.17. The first kappa shape index (κ1) is 27.4. The van der Waals surface area contributed by atoms with Gasteiger partial charge in [0.25, 0.3) is 5.91 Å². The molecule has 0 radical (unpaired) electrons. The molecule has 2 N–H and O–H groups in total. The second-order valence-corrected chi connectivity index (χ2v) is 12.8. The summed E-state index contributed by atoms with van der Waals surface area (Å²) in [5.74, 6) is -0.0220. The van der Waals surface area contributed by atoms with Gasteiger partial charge in [0.2, 0.25) is 0 Å². The maximum atomic E-state index is 13.2. The number of amides is 2. The molecule has 1 atom stereocenters. The third-order valence-electron chi connectivity index (χ3n) is 8.10. The number of carboxylic acid groups (broad SMARTS) is 1. The van der Waals surface area contributed by atoms with Crippen molar-refractivity contribution in [2.24, 2.45) is 5.41 Å². The van der Waals surface area contributed by atoms with Crippen molar-refractivity contribution >= 4 is 34.1 Å². The summed E-state index contributed by atoms with van der Waals surface area (Å²) in [5, 5.41) is 13.3. The highest BCUT2D eigenvalue weighted by atomic mass is 32.1. The molecule has 6 rings (SSSR count). The van der Waals surface area contributed by atoms with E-state index in [1.807, 2.05) is 24.3 Å². The molecule has 1 aliphatic carbocycles. The maximum absolute atomic E-state index is 13.2. The van der Waals surface area contributed by atoms with Gasteiger partial charge in [0.15, 0.2) is 5.78 Å². The Hall–Kier alpha value is -3.76. The number of Topliss-reactive ketones (excluding diaryl/α,β-unsaturated/α-hetero) is 1. The molecule has 0 unspecified atom stereocenters. The molecule has 214 valence electrons. The minimum absolute atomic E-state index is 0.111. The van der Waals surface area contributed by atoms with Crippen molar-refractivity contribution in [1.82, 2.24) is 15.2 Å². The number of carbonyl (C=O) groups is 3. The lowest BCUT2D eigenvalue weighted by atomic mass is 9.75. The first-order chi connectivity index (χ1) is 19.7. The molecular weight excluding hydrogens is 540 g/mol. The van der Waals surface area contributed by atoms with E-state index in [0.717, 1.165) is 57.3 Å². The Labute approximate surface area is 243 Å². The summed E-state index contributed by atoms with van der Waals surface area (Å²) in [7, 11) is 0. The average molecular weight is 575 g/mol. The molecular formula is C31H34N4O5S. The maximum Gasteiger partial charge on any atom is 0.407 e. The van der Waals surface area contributed by atoms with Gasteiger partial charge in [0.1, 0.15) is 0 Å². The van der Waals surface area contributed by atoms with Crippen molar-refractivity contribution in [3.8, 4) is 22.4 Å². The third-order valence-corrected chi connectivity index (χ3v) is 9.43. The molecule has 1 aromatic carbocycles. The van der Waals surface area contributed by atoms with Crippen LogP contribution in [0, 0.1) is 5.41 Å². The number of likely N-dealkylation sites (tertiary alicyclic amines) is 1. The summed E-state index contributed by atoms with van der Waals surface area (Å²) in [4.78, 5) is 46.7. The summed E-state index contributed by atoms with van der Waals surface area (Å²) < 4.78 is 5.61. The number of benzene rings is 1. The number of fused-ring (bicyclic) bond motifs is 1. The number of pyridine rings is 1. The summed E-state index contributed by atoms with van der Waals surface area (Å²) in [6, 6.07) is 11.2. The van der Waals surface area contributed by atoms with Gasteiger partial charge in [-0.05, 0) is 53.6 Å². The van der Waals surface area contributed by atoms with E-state index < -0.39 is 6.09 Å². The minimum atomic E-state index is -0.966. The van der Waals surface area contributed by atoms with Gasteiger partial charge in [-0.2, -0.15) is 0 Å². The molecule has 3 aliphatic rings. The highest BCUT2D eigenvalue weighted by molar-refractivity contribution is 7.19. The van der Waals surface area contributed by atoms with Crippen LogP contribution in [0.25, 0.3) is 22.4 Å². The van der Waals surface area contributed by atoms with Crippen molar-refractivity contribution in [1.29, 1.82) is 0 Å². The molecule has 0 spiro atoms. The Kier molecular flexibility index (Phi) is 7.29. The van der Waals surface area contributed by atoms with Crippen molar-refractivity contribution in [3.63, 3.8) is 0 Å². The van der Waals surface area contributed by atoms with Gasteiger partial charge in [0.05, 0.1) is 28.8 Å². The Balaban J connectivity index is 1.33. The zero-order valence-electron chi connectivity index (χ0n) is 23.3. The van der Waals surface area contributed by atoms with E-state index >= 15 is 0 Å². The smallest absolute Gasteiger partial charge is 0.407 e. The fourth-order valence-corrected chi connectivity index (χ4v) is 7.40. The van der Waals surface area contributed by atoms with Gasteiger partial charge in [-0.3, -0.25) is 14.6 Å². The van der Waals surface area contributed by atoms with Gasteiger partial charge in [-0.15, -0.1) is 11.3 Å². The molecule has 2 fully saturated rings. The zero-order valence-corrected chi connectivity index (χ0v) is 24.1. The Bertz CT molecular complexity index is 1510. The second-order valence-electron chi connectivity index (χ2n) is 11.8. The third kappa shape index (κ3) is 5.58. The predicted molar refractivity (Wildman–Crippen MR) is 158 cm³/mol. The van der Waals surface area contributed by atoms with Crippen LogP contribution >= 0.6 is 11.3 Å². The number of ether oxygens (including phenoxy) is 1. The number of rotatable bonds is 5. The van der Waals surface area contributed by atoms with Gasteiger partial charge >= 0.3 is 6.09 Å². The van der Waals surface area contributed by atoms with E-state index in [2.05, 4.69) is 35.1 Å². The van der Waals surface area contributed by atoms with Crippen molar-refractivity contribution in [3.05, 3.63) is 58.6 Å². The lowest BCUT2D eigenvalue weighted by molar-refractivity contribution is 0.0914. The standard InChI is InChI=1S/C31H34N4O5S/c1-31(2)16-23-26(29(34-10-12-40-13-11-34)41-27(23)25(36)17-31)20-6-8-32-24(15-20)19-4-3-5-21(14-19)28(37)33-22-7-9-35(18-22)30(38)39/h3-6,8,14-15,22H,7,9-13,16-18H2,1-2H3,(H,33,37)(H,38,39)/t22-/m0/s1. The molecule has 3 aromatic rings. The van der Waals surface area contributed by atoms with Crippen LogP contribution in [-0.2, 0) is 11.2 Å². The SMILES string of the molecule is CC1(C)CC(=O)c2sc(N3CCOCC3)c(-c3ccnc(-c4cccc(C(=O)N[C@H]5CCN(C(=O)O)C5)c4)c3)c2C1. The molecule has 0 bridgehead atoms. The number of nitrogens with one attached hydrogen (secondary N) is 1. The normalized spacial score (nSPS) is 20.1. The van der Waals surface area contributed by atoms with E-state index in [4.69, 9.17) is 4.74 Å². The monoisotopic (exact) mass is 574 g/mol. The number of morpholine rings is 1. The van der Waals surface area contributed by atoms with Gasteiger partial charge in [0, 0.05) is 61.5 Å². The van der Waals surface area contributed by atoms with Crippen molar-refractivity contribution < 1.29 is 24.2 Å². The number of nitrogens with zero attached hydrogens (tertiary/aromatic N) is 3. The summed E-state index contributed by atoms with van der Waals surface area (Å²) in [6.45, 7) is 7.90. The molecule has 0 saturated carbocycles. The van der Waals surface area contributed by atoms with Crippen LogP contribution in [0.15, 0.2) is 42.6 Å². The molecule has 41 heavy (non-hydrogen) atoms. The van der Waals surface area contributed by atoms with Crippen LogP contribution in [0.2, 0.25) is 0 Å². The highest BCUT2D eigenvalue weighted by Gasteiger charge is 2.37. The number of hydrogen-bond acceptors (Lipinski definition) is 7. The molecule has 2 aliphatic heterocycles. The molecule has 4 heterocycles. The highest BCUT2D eigenvalue weighted by Crippen LogP contribution is 2.49. The molecule has 2 saturated heterocycles. The molecule has 10 heteroatoms. The Morgan fingerprint density at radius 3 is 2.66 bits per heavy atom. The average Bonchev–Trinajstić information content (AvgIpc) is 3.58.